The van der Waals surface area contributed by atoms with E-state index in [1.54, 1.807) is 12.3 Å². The highest BCUT2D eigenvalue weighted by Gasteiger charge is 2.31. The average Bonchev–Trinajstić information content (AvgIpc) is 2.60. The molecular weight excluding hydrogens is 359 g/mol. The number of aryl methyl sites for hydroxylation is 1. The highest BCUT2D eigenvalue weighted by atomic mass is 32.2. The summed E-state index contributed by atoms with van der Waals surface area (Å²) in [5.41, 5.74) is 1.39. The van der Waals surface area contributed by atoms with Crippen molar-refractivity contribution in [1.82, 2.24) is 9.71 Å². The molecule has 1 saturated heterocycles. The van der Waals surface area contributed by atoms with E-state index in [1.807, 2.05) is 13.0 Å². The Morgan fingerprint density at radius 3 is 2.73 bits per heavy atom. The molecule has 0 saturated carbocycles. The van der Waals surface area contributed by atoms with Crippen molar-refractivity contribution in [2.24, 2.45) is 0 Å². The Labute approximate surface area is 152 Å². The van der Waals surface area contributed by atoms with Crippen molar-refractivity contribution < 1.29 is 22.3 Å². The summed E-state index contributed by atoms with van der Waals surface area (Å²) in [5.74, 6) is -0.0544. The molecule has 2 heterocycles. The van der Waals surface area contributed by atoms with Crippen LogP contribution in [-0.2, 0) is 20.5 Å². The molecule has 0 spiro atoms. The van der Waals surface area contributed by atoms with E-state index < -0.39 is 28.0 Å². The van der Waals surface area contributed by atoms with Gasteiger partial charge in [0.05, 0.1) is 24.6 Å². The molecule has 3 rings (SSSR count). The van der Waals surface area contributed by atoms with Crippen molar-refractivity contribution in [3.8, 4) is 5.75 Å². The summed E-state index contributed by atoms with van der Waals surface area (Å²) in [7, 11) is -3.60. The van der Waals surface area contributed by atoms with Crippen LogP contribution >= 0.6 is 0 Å². The molecule has 0 bridgehead atoms. The van der Waals surface area contributed by atoms with E-state index >= 15 is 0 Å². The van der Waals surface area contributed by atoms with E-state index in [2.05, 4.69) is 9.71 Å². The summed E-state index contributed by atoms with van der Waals surface area (Å²) in [6.45, 7) is 2.62. The number of ether oxygens (including phenoxy) is 2. The summed E-state index contributed by atoms with van der Waals surface area (Å²) in [6.07, 6.45) is 1.66. The van der Waals surface area contributed by atoms with E-state index in [1.165, 1.54) is 24.3 Å². The third-order valence-corrected chi connectivity index (χ3v) is 5.45. The Hall–Kier alpha value is -2.03. The van der Waals surface area contributed by atoms with Gasteiger partial charge in [-0.15, -0.1) is 0 Å². The first-order valence-corrected chi connectivity index (χ1v) is 9.98. The zero-order valence-electron chi connectivity index (χ0n) is 14.4. The lowest BCUT2D eigenvalue weighted by molar-refractivity contribution is -0.00942. The monoisotopic (exact) mass is 380 g/mol. The van der Waals surface area contributed by atoms with E-state index in [4.69, 9.17) is 9.47 Å². The summed E-state index contributed by atoms with van der Waals surface area (Å²) in [4.78, 5) is 4.17. The minimum atomic E-state index is -3.60. The number of rotatable bonds is 6. The second kappa shape index (κ2) is 8.11. The number of benzene rings is 1. The number of nitrogens with one attached hydrogen (secondary N) is 1. The molecule has 140 valence electrons. The molecule has 1 aromatic carbocycles. The number of pyridine rings is 1. The van der Waals surface area contributed by atoms with Crippen LogP contribution in [0.25, 0.3) is 0 Å². The normalized spacial score (nSPS) is 20.7. The molecule has 26 heavy (non-hydrogen) atoms. The Kier molecular flexibility index (Phi) is 5.85. The number of sulfonamides is 1. The highest BCUT2D eigenvalue weighted by Crippen LogP contribution is 2.18. The van der Waals surface area contributed by atoms with E-state index in [9.17, 15) is 12.8 Å². The molecule has 8 heteroatoms. The first-order chi connectivity index (χ1) is 12.4. The van der Waals surface area contributed by atoms with Crippen molar-refractivity contribution >= 4 is 10.0 Å². The molecule has 0 aliphatic carbocycles. The average molecular weight is 380 g/mol. The van der Waals surface area contributed by atoms with Crippen LogP contribution in [0, 0.1) is 12.7 Å². The zero-order valence-corrected chi connectivity index (χ0v) is 15.2. The standard InChI is InChI=1S/C18H21FN2O4S/c1-13-2-7-16(10-20-13)25-18-11-24-9-8-17(18)21-26(22,23)12-14-3-5-15(19)6-4-14/h2-7,10,17-18,21H,8-9,11-12H2,1H3. The van der Waals surface area contributed by atoms with Gasteiger partial charge in [0, 0.05) is 12.3 Å². The minimum Gasteiger partial charge on any atom is -0.485 e. The Balaban J connectivity index is 1.66. The van der Waals surface area contributed by atoms with Crippen LogP contribution < -0.4 is 9.46 Å². The van der Waals surface area contributed by atoms with E-state index in [0.29, 0.717) is 24.3 Å². The second-order valence-electron chi connectivity index (χ2n) is 6.27. The molecule has 1 N–H and O–H groups in total. The van der Waals surface area contributed by atoms with Crippen LogP contribution in [0.4, 0.5) is 4.39 Å². The number of hydrogen-bond acceptors (Lipinski definition) is 5. The third kappa shape index (κ3) is 5.23. The predicted octanol–water partition coefficient (Wildman–Crippen LogP) is 2.19. The Morgan fingerprint density at radius 1 is 1.27 bits per heavy atom. The molecule has 1 aliphatic heterocycles. The molecular formula is C18H21FN2O4S. The highest BCUT2D eigenvalue weighted by molar-refractivity contribution is 7.88. The first kappa shape index (κ1) is 18.8. The summed E-state index contributed by atoms with van der Waals surface area (Å²) in [6, 6.07) is 8.63. The van der Waals surface area contributed by atoms with Gasteiger partial charge in [0.15, 0.2) is 0 Å². The minimum absolute atomic E-state index is 0.219. The van der Waals surface area contributed by atoms with Gasteiger partial charge in [-0.25, -0.2) is 17.5 Å². The van der Waals surface area contributed by atoms with Crippen LogP contribution in [0.15, 0.2) is 42.6 Å². The molecule has 1 fully saturated rings. The molecule has 0 amide bonds. The number of nitrogens with zero attached hydrogens (tertiary/aromatic N) is 1. The zero-order chi connectivity index (χ0) is 18.6. The van der Waals surface area contributed by atoms with Crippen molar-refractivity contribution in [2.45, 2.75) is 31.2 Å². The van der Waals surface area contributed by atoms with Gasteiger partial charge in [0.1, 0.15) is 17.7 Å². The van der Waals surface area contributed by atoms with Gasteiger partial charge in [-0.3, -0.25) is 4.98 Å². The lowest BCUT2D eigenvalue weighted by Crippen LogP contribution is -2.51. The Bertz CT molecular complexity index is 825. The molecule has 2 atom stereocenters. The van der Waals surface area contributed by atoms with Gasteiger partial charge in [0.2, 0.25) is 10.0 Å². The molecule has 1 aromatic heterocycles. The van der Waals surface area contributed by atoms with Gasteiger partial charge in [0.25, 0.3) is 0 Å². The van der Waals surface area contributed by atoms with Crippen molar-refractivity contribution in [1.29, 1.82) is 0 Å². The van der Waals surface area contributed by atoms with Crippen LogP contribution in [-0.4, -0.2) is 38.8 Å². The van der Waals surface area contributed by atoms with Crippen LogP contribution in [0.2, 0.25) is 0 Å². The van der Waals surface area contributed by atoms with Gasteiger partial charge < -0.3 is 9.47 Å². The van der Waals surface area contributed by atoms with E-state index in [-0.39, 0.29) is 12.4 Å². The first-order valence-electron chi connectivity index (χ1n) is 8.33. The van der Waals surface area contributed by atoms with Crippen molar-refractivity contribution in [3.05, 3.63) is 59.7 Å². The summed E-state index contributed by atoms with van der Waals surface area (Å²) in [5, 5.41) is 0. The fraction of sp³-hybridized carbons (Fsp3) is 0.389. The fourth-order valence-corrected chi connectivity index (χ4v) is 4.18. The van der Waals surface area contributed by atoms with Crippen LogP contribution in [0.3, 0.4) is 0 Å². The van der Waals surface area contributed by atoms with Crippen LogP contribution in [0.1, 0.15) is 17.7 Å². The molecule has 6 nitrogen and oxygen atoms in total. The third-order valence-electron chi connectivity index (χ3n) is 4.08. The lowest BCUT2D eigenvalue weighted by atomic mass is 10.1. The molecule has 2 aromatic rings. The summed E-state index contributed by atoms with van der Waals surface area (Å²) < 4.78 is 51.9. The second-order valence-corrected chi connectivity index (χ2v) is 8.02. The maximum atomic E-state index is 13.0. The van der Waals surface area contributed by atoms with Gasteiger partial charge in [-0.1, -0.05) is 12.1 Å². The van der Waals surface area contributed by atoms with Gasteiger partial charge in [-0.05, 0) is 43.2 Å². The SMILES string of the molecule is Cc1ccc(OC2COCCC2NS(=O)(=O)Cc2ccc(F)cc2)cn1. The fourth-order valence-electron chi connectivity index (χ4n) is 2.73. The lowest BCUT2D eigenvalue weighted by Gasteiger charge is -2.32. The van der Waals surface area contributed by atoms with Gasteiger partial charge >= 0.3 is 0 Å². The number of hydrogen-bond donors (Lipinski definition) is 1. The quantitative estimate of drug-likeness (QED) is 0.831. The predicted molar refractivity (Wildman–Crippen MR) is 94.8 cm³/mol. The largest absolute Gasteiger partial charge is 0.485 e. The number of aromatic nitrogens is 1. The smallest absolute Gasteiger partial charge is 0.216 e. The van der Waals surface area contributed by atoms with Crippen molar-refractivity contribution in [2.75, 3.05) is 13.2 Å². The maximum Gasteiger partial charge on any atom is 0.216 e. The topological polar surface area (TPSA) is 77.5 Å². The Morgan fingerprint density at radius 2 is 2.04 bits per heavy atom. The summed E-state index contributed by atoms with van der Waals surface area (Å²) >= 11 is 0. The van der Waals surface area contributed by atoms with Crippen LogP contribution in [0.5, 0.6) is 5.75 Å². The number of halogens is 1. The molecule has 1 aliphatic rings. The van der Waals surface area contributed by atoms with Gasteiger partial charge in [-0.2, -0.15) is 0 Å². The van der Waals surface area contributed by atoms with E-state index in [0.717, 1.165) is 5.69 Å². The van der Waals surface area contributed by atoms with Crippen molar-refractivity contribution in [3.63, 3.8) is 0 Å². The maximum absolute atomic E-state index is 13.0. The molecule has 0 radical (unpaired) electrons. The molecule has 2 unspecified atom stereocenters.